The van der Waals surface area contributed by atoms with Crippen molar-refractivity contribution in [3.63, 3.8) is 0 Å². The van der Waals surface area contributed by atoms with Gasteiger partial charge >= 0.3 is 6.03 Å². The number of unbranched alkanes of at least 4 members (excludes halogenated alkanes) is 1. The molecule has 1 aliphatic carbocycles. The van der Waals surface area contributed by atoms with E-state index in [0.29, 0.717) is 12.6 Å². The van der Waals surface area contributed by atoms with Crippen LogP contribution in [0.3, 0.4) is 0 Å². The van der Waals surface area contributed by atoms with Crippen molar-refractivity contribution in [2.45, 2.75) is 202 Å². The monoisotopic (exact) mass is 1370 g/mol. The minimum absolute atomic E-state index is 0. The molecule has 4 N–H and O–H groups in total. The number of imide groups is 1. The number of piperazine rings is 1. The highest BCUT2D eigenvalue weighted by Gasteiger charge is 2.24. The second-order valence-corrected chi connectivity index (χ2v) is 29.5. The fourth-order valence-corrected chi connectivity index (χ4v) is 12.0. The lowest BCUT2D eigenvalue weighted by Gasteiger charge is -2.28. The Balaban J connectivity index is 0.00000103. The molecule has 0 spiro atoms. The fourth-order valence-electron chi connectivity index (χ4n) is 12.0. The number of urea groups is 1. The summed E-state index contributed by atoms with van der Waals surface area (Å²) >= 11 is 0. The number of aryl methyl sites for hydroxylation is 2. The molecule has 97 heavy (non-hydrogen) atoms. The number of aliphatic hydroxyl groups excluding tert-OH is 1. The zero-order chi connectivity index (χ0) is 71.0. The third-order valence-corrected chi connectivity index (χ3v) is 19.2. The van der Waals surface area contributed by atoms with Crippen LogP contribution in [0.15, 0.2) is 55.4 Å². The van der Waals surface area contributed by atoms with Crippen LogP contribution in [0.25, 0.3) is 0 Å². The van der Waals surface area contributed by atoms with Crippen LogP contribution in [0, 0.1) is 24.7 Å². The number of likely N-dealkylation sites (tertiary alicyclic amines) is 6. The average molecular weight is 1370 g/mol. The van der Waals surface area contributed by atoms with Crippen LogP contribution in [0.5, 0.6) is 0 Å². The Kier molecular flexibility index (Phi) is 60.1. The summed E-state index contributed by atoms with van der Waals surface area (Å²) in [5.74, 6) is 2.57. The topological polar surface area (TPSA) is 160 Å². The first-order valence-corrected chi connectivity index (χ1v) is 38.3. The van der Waals surface area contributed by atoms with Gasteiger partial charge in [-0.3, -0.25) is 20.0 Å². The van der Waals surface area contributed by atoms with Crippen LogP contribution in [-0.4, -0.2) is 295 Å². The highest BCUT2D eigenvalue weighted by molar-refractivity contribution is 6.03. The molecular formula is C78H157N15O4. The predicted molar refractivity (Wildman–Crippen MR) is 415 cm³/mol. The van der Waals surface area contributed by atoms with Crippen LogP contribution in [0.4, 0.5) is 4.79 Å². The Morgan fingerprint density at radius 1 is 0.567 bits per heavy atom. The van der Waals surface area contributed by atoms with Gasteiger partial charge in [-0.05, 0) is 307 Å². The Hall–Kier alpha value is -3.44. The third-order valence-electron chi connectivity index (χ3n) is 19.2. The molecule has 0 bridgehead atoms. The summed E-state index contributed by atoms with van der Waals surface area (Å²) in [5, 5.41) is 16.5. The summed E-state index contributed by atoms with van der Waals surface area (Å²) in [6, 6.07) is 3.64. The Bertz CT molecular complexity index is 1920. The van der Waals surface area contributed by atoms with Crippen LogP contribution in [0.1, 0.15) is 189 Å². The van der Waals surface area contributed by atoms with Crippen molar-refractivity contribution in [2.75, 3.05) is 207 Å². The smallest absolute Gasteiger partial charge is 0.322 e. The highest BCUT2D eigenvalue weighted by Crippen LogP contribution is 2.27. The number of aromatic nitrogens is 3. The van der Waals surface area contributed by atoms with Crippen molar-refractivity contribution >= 4 is 11.9 Å². The van der Waals surface area contributed by atoms with Crippen molar-refractivity contribution in [3.05, 3.63) is 61.0 Å². The highest BCUT2D eigenvalue weighted by atomic mass is 16.5. The van der Waals surface area contributed by atoms with E-state index in [0.717, 1.165) is 50.6 Å². The van der Waals surface area contributed by atoms with Crippen LogP contribution >= 0.6 is 0 Å². The van der Waals surface area contributed by atoms with Gasteiger partial charge in [0.2, 0.25) is 5.91 Å². The number of pyridine rings is 1. The summed E-state index contributed by atoms with van der Waals surface area (Å²) < 4.78 is 7.13. The molecule has 12 heterocycles. The number of aliphatic hydroxyl groups is 1. The Morgan fingerprint density at radius 3 is 1.29 bits per heavy atom. The van der Waals surface area contributed by atoms with Gasteiger partial charge < -0.3 is 64.2 Å². The molecule has 0 radical (unpaired) electrons. The molecule has 2 aromatic heterocycles. The summed E-state index contributed by atoms with van der Waals surface area (Å²) in [6.07, 6.45) is 39.2. The molecule has 3 unspecified atom stereocenters. The zero-order valence-corrected chi connectivity index (χ0v) is 65.0. The Labute approximate surface area is 598 Å². The lowest BCUT2D eigenvalue weighted by Crippen LogP contribution is -2.42. The van der Waals surface area contributed by atoms with E-state index in [4.69, 9.17) is 9.84 Å². The number of hydrogen-bond donors (Lipinski definition) is 4. The number of allylic oxidation sites excluding steroid dienone is 1. The number of morpholine rings is 1. The van der Waals surface area contributed by atoms with Gasteiger partial charge in [0.15, 0.2) is 0 Å². The number of imidazole rings is 1. The molecular weight excluding hydrogens is 1210 g/mol. The largest absolute Gasteiger partial charge is 0.395 e. The predicted octanol–water partition coefficient (Wildman–Crippen LogP) is 11.5. The number of carbonyl (C=O) groups is 2. The number of rotatable bonds is 4. The van der Waals surface area contributed by atoms with Gasteiger partial charge in [-0.15, -0.1) is 0 Å². The van der Waals surface area contributed by atoms with E-state index < -0.39 is 6.03 Å². The lowest BCUT2D eigenvalue weighted by atomic mass is 10.00. The van der Waals surface area contributed by atoms with E-state index in [1.807, 2.05) is 43.1 Å². The number of amides is 3. The summed E-state index contributed by atoms with van der Waals surface area (Å²) in [7, 11) is 19.3. The number of likely N-dealkylation sites (N-methyl/N-ethyl adjacent to an activating group) is 3. The van der Waals surface area contributed by atoms with Gasteiger partial charge in [0.05, 0.1) is 26.1 Å². The number of ether oxygens (including phenoxy) is 1. The van der Waals surface area contributed by atoms with Gasteiger partial charge in [-0.1, -0.05) is 79.0 Å². The molecule has 11 fully saturated rings. The molecule has 19 heteroatoms. The maximum absolute atomic E-state index is 10.4. The molecule has 10 saturated heterocycles. The maximum Gasteiger partial charge on any atom is 0.322 e. The van der Waals surface area contributed by atoms with Gasteiger partial charge in [0.25, 0.3) is 0 Å². The average Bonchev–Trinajstić information content (AvgIpc) is 2.41. The SMILES string of the molecule is C.C=C1CCC(C)C1.CC1CCCNC1.CC1CCN(C)CC1.CC1NC(=O)NC1=O.CCCCN1CCOCC1.CN1CCCC1.CN1CCCCC1.CN1CCCCC1.CN1CCCCC1.CN1CCC[C@H]1CO.CN1CCN(C)CC1.Cc1cccnc1.Cn1ccnc1. The van der Waals surface area contributed by atoms with Crippen LogP contribution in [-0.2, 0) is 16.6 Å². The van der Waals surface area contributed by atoms with Crippen molar-refractivity contribution in [2.24, 2.45) is 24.8 Å². The van der Waals surface area contributed by atoms with Crippen molar-refractivity contribution < 1.29 is 19.4 Å². The molecule has 568 valence electrons. The van der Waals surface area contributed by atoms with Crippen LogP contribution < -0.4 is 16.0 Å². The standard InChI is InChI=1S/C8H17NO.C7H15N.C7H12.C6H14N2.C6H13NO.C6H13N.C6H7N.3C6H13N.C5H11N.C4H6N2O2.C4H6N2.CH4/c1-2-3-4-9-5-7-10-8-6-9;1-7-3-5-8(2)6-4-7;1-6-3-4-7(2)5-6;1-7-3-5-8(2)6-4-7;1-7-4-2-3-6(7)5-8;2*1-6-3-2-4-7-5-6;3*1-7-5-3-2-4-6-7;1-6-4-2-3-5-6;1-2-3(7)6-4(8)5-2;1-6-3-2-5-4-6;/h2-8H2,1H3;7H,3-6H2,1-2H3;7H,1,3-5H2,2H3;3-6H2,1-2H3;6,8H,2-5H2,1H3;6-7H,2-5H2,1H3;2-5H,1H3;3*2-6H2,1H3;2-5H2,1H3;2H,1H3,(H2,5,6,7,8);2-4H,1H3;1H4/t;;;;6-;;;;;;;;;/m....0........./s1. The van der Waals surface area contributed by atoms with E-state index in [9.17, 15) is 9.59 Å². The first kappa shape index (κ1) is 93.6. The quantitative estimate of drug-likeness (QED) is 0.169. The number of carbonyl (C=O) groups excluding carboxylic acids is 2. The van der Waals surface area contributed by atoms with Gasteiger partial charge in [-0.2, -0.15) is 0 Å². The summed E-state index contributed by atoms with van der Waals surface area (Å²) in [6.45, 7) is 44.2. The van der Waals surface area contributed by atoms with E-state index in [2.05, 4.69) is 161 Å². The molecule has 4 atom stereocenters. The fraction of sp³-hybridized carbons (Fsp3) is 0.846. The molecule has 19 nitrogen and oxygen atoms in total. The molecule has 10 aliphatic heterocycles. The molecule has 3 amide bonds. The minimum atomic E-state index is -0.400. The Morgan fingerprint density at radius 2 is 1.06 bits per heavy atom. The van der Waals surface area contributed by atoms with E-state index in [1.165, 1.54) is 264 Å². The van der Waals surface area contributed by atoms with Crippen molar-refractivity contribution in [1.29, 1.82) is 0 Å². The first-order chi connectivity index (χ1) is 46.1. The molecule has 2 aromatic rings. The van der Waals surface area contributed by atoms with Crippen molar-refractivity contribution in [1.82, 2.24) is 74.6 Å². The summed E-state index contributed by atoms with van der Waals surface area (Å²) in [4.78, 5) is 49.6. The van der Waals surface area contributed by atoms with E-state index >= 15 is 0 Å². The normalized spacial score (nSPS) is 24.3. The number of nitrogens with zero attached hydrogens (tertiary/aromatic N) is 12. The van der Waals surface area contributed by atoms with E-state index in [1.54, 1.807) is 25.6 Å². The molecule has 1 saturated carbocycles. The van der Waals surface area contributed by atoms with Crippen LogP contribution in [0.2, 0.25) is 0 Å². The second kappa shape index (κ2) is 62.3. The lowest BCUT2D eigenvalue weighted by molar-refractivity contribution is -0.119. The van der Waals surface area contributed by atoms with Gasteiger partial charge in [0, 0.05) is 77.1 Å². The van der Waals surface area contributed by atoms with Crippen molar-refractivity contribution in [3.8, 4) is 0 Å². The first-order valence-electron chi connectivity index (χ1n) is 38.3. The second-order valence-electron chi connectivity index (χ2n) is 29.5. The molecule has 0 aromatic carbocycles. The summed E-state index contributed by atoms with van der Waals surface area (Å²) in [5.41, 5.74) is 2.66. The molecule has 11 aliphatic rings. The number of hydrogen-bond acceptors (Lipinski definition) is 16. The third kappa shape index (κ3) is 56.8. The maximum atomic E-state index is 10.4. The minimum Gasteiger partial charge on any atom is -0.395 e. The van der Waals surface area contributed by atoms with E-state index in [-0.39, 0.29) is 19.4 Å². The zero-order valence-electron chi connectivity index (χ0n) is 65.0. The van der Waals surface area contributed by atoms with Gasteiger partial charge in [0.1, 0.15) is 6.04 Å². The number of piperidine rings is 5. The van der Waals surface area contributed by atoms with Gasteiger partial charge in [-0.25, -0.2) is 9.78 Å². The molecule has 13 rings (SSSR count). The number of nitrogens with one attached hydrogen (secondary N) is 3.